The first-order valence-electron chi connectivity index (χ1n) is 9.63. The molecule has 4 heterocycles. The summed E-state index contributed by atoms with van der Waals surface area (Å²) in [4.78, 5) is 24.4. The number of carbonyl (C=O) groups is 1. The van der Waals surface area contributed by atoms with E-state index in [4.69, 9.17) is 4.98 Å². The number of pyridine rings is 1. The van der Waals surface area contributed by atoms with Crippen LogP contribution in [0.4, 0.5) is 0 Å². The first-order chi connectivity index (χ1) is 13.9. The lowest BCUT2D eigenvalue weighted by atomic mass is 10.1. The van der Waals surface area contributed by atoms with Crippen molar-refractivity contribution in [2.45, 2.75) is 33.2 Å². The molecule has 150 valence electrons. The molecule has 0 aromatic carbocycles. The van der Waals surface area contributed by atoms with Crippen LogP contribution in [-0.4, -0.2) is 36.8 Å². The standard InChI is InChI=1S/C21H24N6OS/c1-13(2)27-20-16(12-24-27)15(11-17(25-20)18-6-5-14(3)29-18)21(28)23-8-7-19-22-9-10-26(19)4/h5-6,9-13H,7-8H2,1-4H3,(H,23,28). The van der Waals surface area contributed by atoms with Crippen LogP contribution < -0.4 is 5.32 Å². The number of carbonyl (C=O) groups excluding carboxylic acids is 1. The van der Waals surface area contributed by atoms with Gasteiger partial charge in [-0.25, -0.2) is 14.6 Å². The molecule has 0 aliphatic rings. The smallest absolute Gasteiger partial charge is 0.252 e. The van der Waals surface area contributed by atoms with Crippen LogP contribution in [0.5, 0.6) is 0 Å². The first kappa shape index (κ1) is 19.3. The summed E-state index contributed by atoms with van der Waals surface area (Å²) in [6, 6.07) is 6.14. The minimum atomic E-state index is -0.121. The zero-order valence-electron chi connectivity index (χ0n) is 17.0. The van der Waals surface area contributed by atoms with Gasteiger partial charge in [-0.3, -0.25) is 4.79 Å². The van der Waals surface area contributed by atoms with Crippen molar-refractivity contribution in [3.63, 3.8) is 0 Å². The Balaban J connectivity index is 1.68. The van der Waals surface area contributed by atoms with Crippen molar-refractivity contribution in [3.05, 3.63) is 53.1 Å². The van der Waals surface area contributed by atoms with Crippen LogP contribution in [0.15, 0.2) is 36.8 Å². The topological polar surface area (TPSA) is 77.6 Å². The number of nitrogens with zero attached hydrogens (tertiary/aromatic N) is 5. The van der Waals surface area contributed by atoms with Crippen LogP contribution >= 0.6 is 11.3 Å². The van der Waals surface area contributed by atoms with E-state index in [1.165, 1.54) is 4.88 Å². The zero-order valence-corrected chi connectivity index (χ0v) is 17.8. The molecule has 1 amide bonds. The van der Waals surface area contributed by atoms with Gasteiger partial charge in [-0.2, -0.15) is 5.10 Å². The van der Waals surface area contributed by atoms with Crippen molar-refractivity contribution in [2.75, 3.05) is 6.54 Å². The van der Waals surface area contributed by atoms with E-state index < -0.39 is 0 Å². The van der Waals surface area contributed by atoms with E-state index in [0.717, 1.165) is 27.4 Å². The molecule has 7 nitrogen and oxygen atoms in total. The van der Waals surface area contributed by atoms with Gasteiger partial charge in [0.15, 0.2) is 5.65 Å². The van der Waals surface area contributed by atoms with E-state index in [1.807, 2.05) is 34.6 Å². The van der Waals surface area contributed by atoms with Crippen LogP contribution in [-0.2, 0) is 13.5 Å². The van der Waals surface area contributed by atoms with Gasteiger partial charge in [-0.15, -0.1) is 11.3 Å². The molecule has 0 aliphatic heterocycles. The molecule has 0 saturated carbocycles. The second kappa shape index (κ2) is 7.79. The van der Waals surface area contributed by atoms with Gasteiger partial charge in [0.2, 0.25) is 0 Å². The van der Waals surface area contributed by atoms with Crippen molar-refractivity contribution in [1.29, 1.82) is 0 Å². The third-order valence-corrected chi connectivity index (χ3v) is 5.87. The quantitative estimate of drug-likeness (QED) is 0.527. The summed E-state index contributed by atoms with van der Waals surface area (Å²) in [5.41, 5.74) is 2.13. The predicted molar refractivity (Wildman–Crippen MR) is 115 cm³/mol. The molecule has 4 aromatic heterocycles. The summed E-state index contributed by atoms with van der Waals surface area (Å²) in [5, 5.41) is 8.27. The Morgan fingerprint density at radius 3 is 2.79 bits per heavy atom. The number of fused-ring (bicyclic) bond motifs is 1. The lowest BCUT2D eigenvalue weighted by molar-refractivity contribution is 0.0955. The number of nitrogens with one attached hydrogen (secondary N) is 1. The van der Waals surface area contributed by atoms with Gasteiger partial charge >= 0.3 is 0 Å². The van der Waals surface area contributed by atoms with Crippen LogP contribution in [0.2, 0.25) is 0 Å². The summed E-state index contributed by atoms with van der Waals surface area (Å²) in [5.74, 6) is 0.817. The fourth-order valence-corrected chi connectivity index (χ4v) is 4.13. The number of thiophene rings is 1. The molecule has 0 unspecified atom stereocenters. The summed E-state index contributed by atoms with van der Waals surface area (Å²) in [6.07, 6.45) is 6.07. The summed E-state index contributed by atoms with van der Waals surface area (Å²) < 4.78 is 3.82. The molecule has 0 radical (unpaired) electrons. The highest BCUT2D eigenvalue weighted by atomic mass is 32.1. The second-order valence-electron chi connectivity index (χ2n) is 7.35. The van der Waals surface area contributed by atoms with Crippen LogP contribution in [0.3, 0.4) is 0 Å². The van der Waals surface area contributed by atoms with Crippen LogP contribution in [0.25, 0.3) is 21.6 Å². The van der Waals surface area contributed by atoms with Crippen LogP contribution in [0.1, 0.15) is 40.9 Å². The van der Waals surface area contributed by atoms with Gasteiger partial charge in [0.05, 0.1) is 27.7 Å². The van der Waals surface area contributed by atoms with Gasteiger partial charge < -0.3 is 9.88 Å². The van der Waals surface area contributed by atoms with Gasteiger partial charge in [0.25, 0.3) is 5.91 Å². The Morgan fingerprint density at radius 1 is 1.31 bits per heavy atom. The molecule has 4 aromatic rings. The van der Waals surface area contributed by atoms with Crippen molar-refractivity contribution in [2.24, 2.45) is 7.05 Å². The number of imidazole rings is 1. The number of rotatable bonds is 6. The van der Waals surface area contributed by atoms with Gasteiger partial charge in [-0.05, 0) is 39.0 Å². The van der Waals surface area contributed by atoms with Crippen molar-refractivity contribution < 1.29 is 4.79 Å². The van der Waals surface area contributed by atoms with E-state index in [1.54, 1.807) is 23.7 Å². The molecule has 29 heavy (non-hydrogen) atoms. The molecule has 4 rings (SSSR count). The van der Waals surface area contributed by atoms with Gasteiger partial charge in [0.1, 0.15) is 5.82 Å². The lowest BCUT2D eigenvalue weighted by Crippen LogP contribution is -2.26. The van der Waals surface area contributed by atoms with Crippen molar-refractivity contribution in [3.8, 4) is 10.6 Å². The monoisotopic (exact) mass is 408 g/mol. The maximum atomic E-state index is 13.0. The number of hydrogen-bond donors (Lipinski definition) is 1. The number of aromatic nitrogens is 5. The third-order valence-electron chi connectivity index (χ3n) is 4.85. The largest absolute Gasteiger partial charge is 0.352 e. The summed E-state index contributed by atoms with van der Waals surface area (Å²) in [6.45, 7) is 6.70. The van der Waals surface area contributed by atoms with E-state index >= 15 is 0 Å². The number of hydrogen-bond acceptors (Lipinski definition) is 5. The average molecular weight is 409 g/mol. The number of aryl methyl sites for hydroxylation is 2. The minimum absolute atomic E-state index is 0.121. The van der Waals surface area contributed by atoms with Crippen molar-refractivity contribution >= 4 is 28.3 Å². The molecule has 8 heteroatoms. The van der Waals surface area contributed by atoms with Crippen molar-refractivity contribution in [1.82, 2.24) is 29.6 Å². The molecular formula is C21H24N6OS. The van der Waals surface area contributed by atoms with Gasteiger partial charge in [0, 0.05) is 43.3 Å². The SMILES string of the molecule is Cc1ccc(-c2cc(C(=O)NCCc3nccn3C)c3cnn(C(C)C)c3n2)s1. The normalized spacial score (nSPS) is 11.5. The van der Waals surface area contributed by atoms with E-state index in [2.05, 4.69) is 42.2 Å². The van der Waals surface area contributed by atoms with Crippen LogP contribution in [0, 0.1) is 6.92 Å². The summed E-state index contributed by atoms with van der Waals surface area (Å²) >= 11 is 1.67. The number of amides is 1. The average Bonchev–Trinajstić information content (AvgIpc) is 3.40. The fraction of sp³-hybridized carbons (Fsp3) is 0.333. The highest BCUT2D eigenvalue weighted by Crippen LogP contribution is 2.30. The Morgan fingerprint density at radius 2 is 2.14 bits per heavy atom. The Hall–Kier alpha value is -3.00. The molecule has 0 spiro atoms. The molecule has 0 aliphatic carbocycles. The molecule has 1 N–H and O–H groups in total. The van der Waals surface area contributed by atoms with E-state index in [9.17, 15) is 4.79 Å². The van der Waals surface area contributed by atoms with Gasteiger partial charge in [-0.1, -0.05) is 0 Å². The highest BCUT2D eigenvalue weighted by Gasteiger charge is 2.19. The predicted octanol–water partition coefficient (Wildman–Crippen LogP) is 3.76. The molecule has 0 saturated heterocycles. The Kier molecular flexibility index (Phi) is 5.19. The first-order valence-corrected chi connectivity index (χ1v) is 10.4. The maximum absolute atomic E-state index is 13.0. The Bertz CT molecular complexity index is 1170. The molecule has 0 atom stereocenters. The maximum Gasteiger partial charge on any atom is 0.252 e. The third kappa shape index (κ3) is 3.80. The van der Waals surface area contributed by atoms with E-state index in [-0.39, 0.29) is 11.9 Å². The Labute approximate surface area is 173 Å². The molecular weight excluding hydrogens is 384 g/mol. The minimum Gasteiger partial charge on any atom is -0.352 e. The van der Waals surface area contributed by atoms with E-state index in [0.29, 0.717) is 18.5 Å². The second-order valence-corrected chi connectivity index (χ2v) is 8.63. The summed E-state index contributed by atoms with van der Waals surface area (Å²) in [7, 11) is 1.95. The molecule has 0 bridgehead atoms. The zero-order chi connectivity index (χ0) is 20.5. The lowest BCUT2D eigenvalue weighted by Gasteiger charge is -2.10. The molecule has 0 fully saturated rings. The highest BCUT2D eigenvalue weighted by molar-refractivity contribution is 7.15. The fourth-order valence-electron chi connectivity index (χ4n) is 3.30.